The van der Waals surface area contributed by atoms with E-state index in [0.717, 1.165) is 24.9 Å². The van der Waals surface area contributed by atoms with E-state index in [-0.39, 0.29) is 6.61 Å². The zero-order chi connectivity index (χ0) is 20.5. The molecular weight excluding hydrogens is 381 g/mol. The van der Waals surface area contributed by atoms with Gasteiger partial charge in [0.25, 0.3) is 0 Å². The number of halogens is 1. The van der Waals surface area contributed by atoms with E-state index in [1.54, 1.807) is 16.9 Å². The number of hydrogen-bond donors (Lipinski definition) is 2. The third-order valence-electron chi connectivity index (χ3n) is 5.35. The molecule has 1 aliphatic carbocycles. The van der Waals surface area contributed by atoms with Gasteiger partial charge in [-0.2, -0.15) is 9.61 Å². The molecule has 6 nitrogen and oxygen atoms in total. The van der Waals surface area contributed by atoms with Crippen molar-refractivity contribution in [3.8, 4) is 11.3 Å². The van der Waals surface area contributed by atoms with Gasteiger partial charge in [-0.15, -0.1) is 0 Å². The maximum Gasteiger partial charge on any atom is 0.163 e. The number of nitrogens with zero attached hydrogens (tertiary/aromatic N) is 4. The molecule has 0 saturated carbocycles. The third kappa shape index (κ3) is 3.33. The summed E-state index contributed by atoms with van der Waals surface area (Å²) >= 11 is 0. The Bertz CT molecular complexity index is 1260. The normalized spacial score (nSPS) is 12.8. The number of rotatable bonds is 6. The van der Waals surface area contributed by atoms with Crippen LogP contribution in [-0.2, 0) is 13.0 Å². The topological polar surface area (TPSA) is 75.3 Å². The van der Waals surface area contributed by atoms with Gasteiger partial charge in [0, 0.05) is 29.9 Å². The van der Waals surface area contributed by atoms with E-state index in [0.29, 0.717) is 29.0 Å². The largest absolute Gasteiger partial charge is 0.391 e. The van der Waals surface area contributed by atoms with Crippen molar-refractivity contribution >= 4 is 17.0 Å². The Kier molecular flexibility index (Phi) is 4.72. The van der Waals surface area contributed by atoms with E-state index < -0.39 is 5.82 Å². The highest BCUT2D eigenvalue weighted by atomic mass is 19.1. The van der Waals surface area contributed by atoms with Gasteiger partial charge in [0.1, 0.15) is 11.6 Å². The van der Waals surface area contributed by atoms with Gasteiger partial charge in [0.15, 0.2) is 5.65 Å². The number of benzene rings is 1. The predicted octanol–water partition coefficient (Wildman–Crippen LogP) is 3.86. The summed E-state index contributed by atoms with van der Waals surface area (Å²) in [5.74, 6) is 0.303. The van der Waals surface area contributed by atoms with E-state index in [1.165, 1.54) is 22.8 Å². The van der Waals surface area contributed by atoms with Crippen LogP contribution in [0.15, 0.2) is 61.1 Å². The summed E-state index contributed by atoms with van der Waals surface area (Å²) in [6.07, 6.45) is 8.44. The summed E-state index contributed by atoms with van der Waals surface area (Å²) in [6.45, 7) is 0.527. The quantitative estimate of drug-likeness (QED) is 0.513. The molecule has 3 aromatic heterocycles. The average molecular weight is 401 g/mol. The van der Waals surface area contributed by atoms with Crippen LogP contribution in [0.2, 0.25) is 0 Å². The van der Waals surface area contributed by atoms with Gasteiger partial charge in [-0.25, -0.2) is 9.37 Å². The molecule has 0 unspecified atom stereocenters. The summed E-state index contributed by atoms with van der Waals surface area (Å²) in [7, 11) is 0. The third-order valence-corrected chi connectivity index (χ3v) is 5.35. The Morgan fingerprint density at radius 2 is 2.03 bits per heavy atom. The van der Waals surface area contributed by atoms with Crippen molar-refractivity contribution in [2.45, 2.75) is 19.4 Å². The smallest absolute Gasteiger partial charge is 0.163 e. The van der Waals surface area contributed by atoms with Crippen molar-refractivity contribution in [2.24, 2.45) is 0 Å². The number of aromatic nitrogens is 4. The molecule has 5 rings (SSSR count). The zero-order valence-electron chi connectivity index (χ0n) is 16.2. The molecule has 0 fully saturated rings. The molecule has 0 atom stereocenters. The molecule has 0 amide bonds. The number of aliphatic hydroxyl groups is 1. The maximum absolute atomic E-state index is 13.7. The number of nitrogens with one attached hydrogen (secondary N) is 1. The number of pyridine rings is 1. The fraction of sp³-hybridized carbons (Fsp3) is 0.174. The van der Waals surface area contributed by atoms with Crippen molar-refractivity contribution in [3.63, 3.8) is 0 Å². The van der Waals surface area contributed by atoms with E-state index in [1.807, 2.05) is 6.07 Å². The van der Waals surface area contributed by atoms with Gasteiger partial charge >= 0.3 is 0 Å². The van der Waals surface area contributed by atoms with Crippen LogP contribution in [0.1, 0.15) is 23.1 Å². The van der Waals surface area contributed by atoms with Crippen LogP contribution in [0.4, 0.5) is 10.2 Å². The molecule has 7 heteroatoms. The van der Waals surface area contributed by atoms with Crippen LogP contribution in [0.25, 0.3) is 22.5 Å². The molecule has 0 aliphatic heterocycles. The first-order valence-electron chi connectivity index (χ1n) is 9.83. The van der Waals surface area contributed by atoms with E-state index >= 15 is 0 Å². The van der Waals surface area contributed by atoms with Crippen molar-refractivity contribution in [1.29, 1.82) is 0 Å². The Balaban J connectivity index is 1.44. The molecule has 0 spiro atoms. The zero-order valence-corrected chi connectivity index (χ0v) is 16.2. The molecule has 3 heterocycles. The molecular formula is C23H20FN5O. The van der Waals surface area contributed by atoms with Crippen LogP contribution in [0.5, 0.6) is 0 Å². The van der Waals surface area contributed by atoms with E-state index in [4.69, 9.17) is 0 Å². The number of allylic oxidation sites excluding steroid dienone is 1. The molecule has 0 saturated heterocycles. The molecule has 30 heavy (non-hydrogen) atoms. The first-order valence-corrected chi connectivity index (χ1v) is 9.83. The predicted molar refractivity (Wildman–Crippen MR) is 113 cm³/mol. The second-order valence-electron chi connectivity index (χ2n) is 7.25. The molecule has 150 valence electrons. The minimum atomic E-state index is -0.425. The lowest BCUT2D eigenvalue weighted by atomic mass is 10.0. The van der Waals surface area contributed by atoms with Gasteiger partial charge in [-0.1, -0.05) is 30.3 Å². The van der Waals surface area contributed by atoms with Crippen molar-refractivity contribution in [2.75, 3.05) is 11.9 Å². The summed E-state index contributed by atoms with van der Waals surface area (Å²) in [4.78, 5) is 8.50. The molecule has 4 aromatic rings. The second kappa shape index (κ2) is 7.68. The standard InChI is InChI=1S/C23H20FN5O/c24-19-9-17(11-25-13-19)21-10-22(29-23(28-21)18(14-30)12-27-29)26-8-7-16-6-5-15-3-1-2-4-20(15)16/h1-4,6,9-13,26,30H,5,7-8,14H2. The fourth-order valence-electron chi connectivity index (χ4n) is 3.86. The lowest BCUT2D eigenvalue weighted by Crippen LogP contribution is -2.09. The Morgan fingerprint density at radius 3 is 2.90 bits per heavy atom. The van der Waals surface area contributed by atoms with Crippen molar-refractivity contribution in [1.82, 2.24) is 19.6 Å². The minimum Gasteiger partial charge on any atom is -0.391 e. The van der Waals surface area contributed by atoms with Gasteiger partial charge in [0.2, 0.25) is 0 Å². The molecule has 1 aromatic carbocycles. The maximum atomic E-state index is 13.7. The second-order valence-corrected chi connectivity index (χ2v) is 7.25. The van der Waals surface area contributed by atoms with E-state index in [2.05, 4.69) is 50.7 Å². The van der Waals surface area contributed by atoms with Crippen LogP contribution in [-0.4, -0.2) is 31.2 Å². The Hall–Kier alpha value is -3.58. The first kappa shape index (κ1) is 18.4. The average Bonchev–Trinajstić information content (AvgIpc) is 3.38. The highest BCUT2D eigenvalue weighted by Gasteiger charge is 2.15. The van der Waals surface area contributed by atoms with Gasteiger partial charge in [0.05, 0.1) is 24.7 Å². The van der Waals surface area contributed by atoms with Crippen molar-refractivity contribution in [3.05, 3.63) is 83.6 Å². The number of hydrogen-bond acceptors (Lipinski definition) is 5. The molecule has 0 bridgehead atoms. The lowest BCUT2D eigenvalue weighted by Gasteiger charge is -2.12. The highest BCUT2D eigenvalue weighted by molar-refractivity contribution is 5.73. The Labute approximate surface area is 172 Å². The number of anilines is 1. The van der Waals surface area contributed by atoms with Gasteiger partial charge in [-0.3, -0.25) is 4.98 Å². The van der Waals surface area contributed by atoms with Crippen LogP contribution >= 0.6 is 0 Å². The number of fused-ring (bicyclic) bond motifs is 2. The van der Waals surface area contributed by atoms with Gasteiger partial charge < -0.3 is 10.4 Å². The van der Waals surface area contributed by atoms with E-state index in [9.17, 15) is 9.50 Å². The summed E-state index contributed by atoms with van der Waals surface area (Å²) in [5, 5.41) is 17.4. The fourth-order valence-corrected chi connectivity index (χ4v) is 3.86. The molecule has 1 aliphatic rings. The summed E-state index contributed by atoms with van der Waals surface area (Å²) in [5.41, 5.74) is 6.28. The minimum absolute atomic E-state index is 0.176. The monoisotopic (exact) mass is 401 g/mol. The van der Waals surface area contributed by atoms with Crippen LogP contribution < -0.4 is 5.32 Å². The summed E-state index contributed by atoms with van der Waals surface area (Å²) in [6, 6.07) is 11.7. The molecule has 2 N–H and O–H groups in total. The summed E-state index contributed by atoms with van der Waals surface area (Å²) < 4.78 is 15.3. The van der Waals surface area contributed by atoms with Crippen molar-refractivity contribution < 1.29 is 9.50 Å². The highest BCUT2D eigenvalue weighted by Crippen LogP contribution is 2.30. The Morgan fingerprint density at radius 1 is 1.13 bits per heavy atom. The van der Waals surface area contributed by atoms with Crippen LogP contribution in [0.3, 0.4) is 0 Å². The molecule has 0 radical (unpaired) electrons. The SMILES string of the molecule is OCc1cnn2c(NCCC3=CCc4ccccc43)cc(-c3cncc(F)c3)nc12. The van der Waals surface area contributed by atoms with Gasteiger partial charge in [-0.05, 0) is 35.6 Å². The first-order chi connectivity index (χ1) is 14.7. The van der Waals surface area contributed by atoms with Crippen LogP contribution in [0, 0.1) is 5.82 Å². The number of aliphatic hydroxyl groups excluding tert-OH is 1. The lowest BCUT2D eigenvalue weighted by molar-refractivity contribution is 0.283.